The van der Waals surface area contributed by atoms with E-state index < -0.39 is 17.6 Å². The summed E-state index contributed by atoms with van der Waals surface area (Å²) in [4.78, 5) is 10.8. The average Bonchev–Trinajstić information content (AvgIpc) is 2.15. The Hall–Kier alpha value is -1.58. The van der Waals surface area contributed by atoms with Gasteiger partial charge in [-0.05, 0) is 24.6 Å². The summed E-state index contributed by atoms with van der Waals surface area (Å²) in [5.74, 6) is -0.950. The van der Waals surface area contributed by atoms with E-state index in [1.165, 1.54) is 25.1 Å². The molecular formula is C13H17FO3. The number of carboxylic acids is 1. The smallest absolute Gasteiger partial charge is 0.304 e. The first-order valence-electron chi connectivity index (χ1n) is 5.43. The largest absolute Gasteiger partial charge is 0.508 e. The fourth-order valence-corrected chi connectivity index (χ4v) is 1.82. The van der Waals surface area contributed by atoms with Crippen molar-refractivity contribution in [1.29, 1.82) is 0 Å². The van der Waals surface area contributed by atoms with E-state index in [4.69, 9.17) is 5.11 Å². The summed E-state index contributed by atoms with van der Waals surface area (Å²) in [7, 11) is 0. The molecule has 17 heavy (non-hydrogen) atoms. The number of phenols is 1. The predicted molar refractivity (Wildman–Crippen MR) is 62.9 cm³/mol. The van der Waals surface area contributed by atoms with Crippen molar-refractivity contribution in [3.8, 4) is 5.75 Å². The van der Waals surface area contributed by atoms with Crippen LogP contribution in [0, 0.1) is 0 Å². The minimum absolute atomic E-state index is 0.000602. The maximum Gasteiger partial charge on any atom is 0.304 e. The lowest BCUT2D eigenvalue weighted by molar-refractivity contribution is -0.138. The molecule has 0 aromatic heterocycles. The van der Waals surface area contributed by atoms with Crippen molar-refractivity contribution in [2.24, 2.45) is 0 Å². The standard InChI is InChI=1S/C13H17FO3/c1-8(14)9-4-5-11(15)10(6-9)13(2,3)7-12(16)17/h4-6,8,15H,7H2,1-3H3,(H,16,17). The Kier molecular flexibility index (Phi) is 3.76. The average molecular weight is 240 g/mol. The molecule has 94 valence electrons. The minimum Gasteiger partial charge on any atom is -0.508 e. The van der Waals surface area contributed by atoms with Crippen LogP contribution in [0.5, 0.6) is 5.75 Å². The highest BCUT2D eigenvalue weighted by molar-refractivity contribution is 5.69. The molecule has 3 nitrogen and oxygen atoms in total. The zero-order valence-electron chi connectivity index (χ0n) is 10.2. The van der Waals surface area contributed by atoms with Crippen LogP contribution in [0.2, 0.25) is 0 Å². The molecule has 0 spiro atoms. The maximum absolute atomic E-state index is 13.2. The fraction of sp³-hybridized carbons (Fsp3) is 0.462. The van der Waals surface area contributed by atoms with E-state index in [1.807, 2.05) is 0 Å². The molecule has 0 radical (unpaired) electrons. The quantitative estimate of drug-likeness (QED) is 0.849. The number of benzene rings is 1. The highest BCUT2D eigenvalue weighted by atomic mass is 19.1. The number of rotatable bonds is 4. The first-order chi connectivity index (χ1) is 7.74. The number of aromatic hydroxyl groups is 1. The van der Waals surface area contributed by atoms with Crippen molar-refractivity contribution in [3.63, 3.8) is 0 Å². The summed E-state index contributed by atoms with van der Waals surface area (Å²) in [6.45, 7) is 4.83. The van der Waals surface area contributed by atoms with Crippen LogP contribution in [0.3, 0.4) is 0 Å². The van der Waals surface area contributed by atoms with Gasteiger partial charge in [-0.2, -0.15) is 0 Å². The van der Waals surface area contributed by atoms with E-state index >= 15 is 0 Å². The summed E-state index contributed by atoms with van der Waals surface area (Å²) in [6.07, 6.45) is -1.26. The SMILES string of the molecule is CC(F)c1ccc(O)c(C(C)(C)CC(=O)O)c1. The van der Waals surface area contributed by atoms with Crippen LogP contribution in [0.25, 0.3) is 0 Å². The van der Waals surface area contributed by atoms with Gasteiger partial charge in [-0.1, -0.05) is 19.9 Å². The van der Waals surface area contributed by atoms with Crippen LogP contribution in [-0.2, 0) is 10.2 Å². The van der Waals surface area contributed by atoms with Gasteiger partial charge in [0.25, 0.3) is 0 Å². The molecule has 1 unspecified atom stereocenters. The number of hydrogen-bond donors (Lipinski definition) is 2. The Morgan fingerprint density at radius 1 is 1.47 bits per heavy atom. The molecule has 0 aliphatic rings. The van der Waals surface area contributed by atoms with E-state index in [9.17, 15) is 14.3 Å². The number of aliphatic carboxylic acids is 1. The number of halogens is 1. The highest BCUT2D eigenvalue weighted by Gasteiger charge is 2.27. The Morgan fingerprint density at radius 2 is 2.06 bits per heavy atom. The van der Waals surface area contributed by atoms with Crippen molar-refractivity contribution in [1.82, 2.24) is 0 Å². The minimum atomic E-state index is -1.14. The van der Waals surface area contributed by atoms with Gasteiger partial charge in [0.2, 0.25) is 0 Å². The molecule has 1 atom stereocenters. The lowest BCUT2D eigenvalue weighted by atomic mass is 9.80. The summed E-state index contributed by atoms with van der Waals surface area (Å²) < 4.78 is 13.2. The van der Waals surface area contributed by atoms with Crippen molar-refractivity contribution < 1.29 is 19.4 Å². The van der Waals surface area contributed by atoms with E-state index in [0.717, 1.165) is 0 Å². The number of hydrogen-bond acceptors (Lipinski definition) is 2. The fourth-order valence-electron chi connectivity index (χ4n) is 1.82. The van der Waals surface area contributed by atoms with Gasteiger partial charge in [0, 0.05) is 11.0 Å². The zero-order valence-corrected chi connectivity index (χ0v) is 10.2. The van der Waals surface area contributed by atoms with Crippen molar-refractivity contribution in [2.75, 3.05) is 0 Å². The van der Waals surface area contributed by atoms with Crippen molar-refractivity contribution >= 4 is 5.97 Å². The van der Waals surface area contributed by atoms with Gasteiger partial charge in [-0.3, -0.25) is 4.79 Å². The second-order valence-electron chi connectivity index (χ2n) is 4.85. The molecule has 4 heteroatoms. The predicted octanol–water partition coefficient (Wildman–Crippen LogP) is 3.18. The first kappa shape index (κ1) is 13.5. The van der Waals surface area contributed by atoms with E-state index in [2.05, 4.69) is 0 Å². The molecule has 1 aromatic carbocycles. The van der Waals surface area contributed by atoms with Crippen LogP contribution in [-0.4, -0.2) is 16.2 Å². The lowest BCUT2D eigenvalue weighted by Gasteiger charge is -2.25. The Labute approximate surface area is 99.9 Å². The monoisotopic (exact) mass is 240 g/mol. The van der Waals surface area contributed by atoms with Crippen LogP contribution >= 0.6 is 0 Å². The Balaban J connectivity index is 3.19. The number of alkyl halides is 1. The molecular weight excluding hydrogens is 223 g/mol. The highest BCUT2D eigenvalue weighted by Crippen LogP contribution is 2.35. The summed E-state index contributed by atoms with van der Waals surface area (Å²) in [5.41, 5.74) is 0.166. The van der Waals surface area contributed by atoms with Gasteiger partial charge in [0.1, 0.15) is 11.9 Å². The zero-order chi connectivity index (χ0) is 13.2. The lowest BCUT2D eigenvalue weighted by Crippen LogP contribution is -2.22. The molecule has 0 aliphatic carbocycles. The Morgan fingerprint density at radius 3 is 2.53 bits per heavy atom. The van der Waals surface area contributed by atoms with E-state index in [-0.39, 0.29) is 12.2 Å². The topological polar surface area (TPSA) is 57.5 Å². The molecule has 1 rings (SSSR count). The summed E-state index contributed by atoms with van der Waals surface area (Å²) >= 11 is 0. The number of phenolic OH excluding ortho intramolecular Hbond substituents is 1. The summed E-state index contributed by atoms with van der Waals surface area (Å²) in [5, 5.41) is 18.6. The number of carboxylic acid groups (broad SMARTS) is 1. The van der Waals surface area contributed by atoms with Crippen LogP contribution in [0.1, 0.15) is 44.5 Å². The normalized spacial score (nSPS) is 13.4. The second kappa shape index (κ2) is 4.73. The van der Waals surface area contributed by atoms with E-state index in [0.29, 0.717) is 11.1 Å². The van der Waals surface area contributed by atoms with Gasteiger partial charge in [0.05, 0.1) is 6.42 Å². The van der Waals surface area contributed by atoms with Crippen molar-refractivity contribution in [3.05, 3.63) is 29.3 Å². The van der Waals surface area contributed by atoms with Gasteiger partial charge in [-0.15, -0.1) is 0 Å². The molecule has 0 saturated carbocycles. The maximum atomic E-state index is 13.2. The Bertz CT molecular complexity index is 425. The third-order valence-electron chi connectivity index (χ3n) is 2.80. The molecule has 0 saturated heterocycles. The van der Waals surface area contributed by atoms with Gasteiger partial charge in [0.15, 0.2) is 0 Å². The summed E-state index contributed by atoms with van der Waals surface area (Å²) in [6, 6.07) is 4.44. The second-order valence-corrected chi connectivity index (χ2v) is 4.85. The molecule has 0 bridgehead atoms. The molecule has 2 N–H and O–H groups in total. The van der Waals surface area contributed by atoms with Crippen LogP contribution in [0.4, 0.5) is 4.39 Å². The van der Waals surface area contributed by atoms with E-state index in [1.54, 1.807) is 13.8 Å². The molecule has 1 aromatic rings. The van der Waals surface area contributed by atoms with Crippen LogP contribution < -0.4 is 0 Å². The van der Waals surface area contributed by atoms with Crippen LogP contribution in [0.15, 0.2) is 18.2 Å². The van der Waals surface area contributed by atoms with Gasteiger partial charge in [-0.25, -0.2) is 4.39 Å². The van der Waals surface area contributed by atoms with Gasteiger partial charge < -0.3 is 10.2 Å². The third-order valence-corrected chi connectivity index (χ3v) is 2.80. The van der Waals surface area contributed by atoms with Gasteiger partial charge >= 0.3 is 5.97 Å². The number of carbonyl (C=O) groups is 1. The first-order valence-corrected chi connectivity index (χ1v) is 5.43. The molecule has 0 heterocycles. The molecule has 0 amide bonds. The molecule has 0 aliphatic heterocycles. The molecule has 0 fully saturated rings. The third kappa shape index (κ3) is 3.19. The van der Waals surface area contributed by atoms with Crippen molar-refractivity contribution in [2.45, 2.75) is 38.8 Å².